The molecule has 1 unspecified atom stereocenters. The van der Waals surface area contributed by atoms with Crippen molar-refractivity contribution in [1.29, 1.82) is 0 Å². The van der Waals surface area contributed by atoms with Crippen molar-refractivity contribution < 1.29 is 14.3 Å². The van der Waals surface area contributed by atoms with Crippen LogP contribution in [0.3, 0.4) is 0 Å². The number of nitrogens with one attached hydrogen (secondary N) is 2. The molecule has 2 amide bonds. The molecular weight excluding hydrogens is 356 g/mol. The van der Waals surface area contributed by atoms with Gasteiger partial charge in [-0.2, -0.15) is 0 Å². The van der Waals surface area contributed by atoms with Gasteiger partial charge >= 0.3 is 0 Å². The van der Waals surface area contributed by atoms with E-state index in [1.54, 1.807) is 12.0 Å². The maximum absolute atomic E-state index is 12.5. The molecule has 2 heterocycles. The Hall–Kier alpha value is -3.35. The number of benzene rings is 2. The molecule has 2 N–H and O–H groups in total. The fraction of sp³-hybridized carbons (Fsp3) is 0.286. The highest BCUT2D eigenvalue weighted by molar-refractivity contribution is 6.00. The van der Waals surface area contributed by atoms with Gasteiger partial charge in [-0.3, -0.25) is 9.59 Å². The predicted octanol–water partition coefficient (Wildman–Crippen LogP) is 2.28. The minimum absolute atomic E-state index is 0.0393. The van der Waals surface area contributed by atoms with Crippen molar-refractivity contribution in [3.8, 4) is 5.75 Å². The minimum Gasteiger partial charge on any atom is -0.497 e. The number of rotatable bonds is 6. The molecule has 0 spiro atoms. The Morgan fingerprint density at radius 3 is 2.79 bits per heavy atom. The quantitative estimate of drug-likeness (QED) is 0.689. The molecule has 144 valence electrons. The number of hydrogen-bond donors (Lipinski definition) is 2. The molecule has 4 rings (SSSR count). The topological polar surface area (TPSA) is 87.3 Å². The first-order valence-electron chi connectivity index (χ1n) is 9.30. The first kappa shape index (κ1) is 18.0. The summed E-state index contributed by atoms with van der Waals surface area (Å²) in [6.07, 6.45) is 0.839. The third-order valence-corrected chi connectivity index (χ3v) is 4.98. The summed E-state index contributed by atoms with van der Waals surface area (Å²) in [7, 11) is 1.60. The molecule has 1 saturated heterocycles. The van der Waals surface area contributed by atoms with Crippen LogP contribution in [-0.2, 0) is 16.0 Å². The number of para-hydroxylation sites is 2. The Kier molecular flexibility index (Phi) is 4.97. The van der Waals surface area contributed by atoms with Crippen molar-refractivity contribution in [1.82, 2.24) is 15.3 Å². The molecule has 3 aromatic rings. The summed E-state index contributed by atoms with van der Waals surface area (Å²) in [5, 5.41) is 2.93. The van der Waals surface area contributed by atoms with Crippen LogP contribution in [0, 0.1) is 5.92 Å². The number of aromatic nitrogens is 2. The van der Waals surface area contributed by atoms with Crippen LogP contribution in [0.25, 0.3) is 11.0 Å². The normalized spacial score (nSPS) is 16.5. The molecular formula is C21H22N4O3. The summed E-state index contributed by atoms with van der Waals surface area (Å²) in [4.78, 5) is 34.2. The number of fused-ring (bicyclic) bond motifs is 1. The lowest BCUT2D eigenvalue weighted by molar-refractivity contribution is -0.126. The average molecular weight is 378 g/mol. The Bertz CT molecular complexity index is 963. The van der Waals surface area contributed by atoms with Crippen LogP contribution in [0.15, 0.2) is 48.5 Å². The lowest BCUT2D eigenvalue weighted by Gasteiger charge is -2.17. The van der Waals surface area contributed by atoms with Gasteiger partial charge in [0, 0.05) is 31.6 Å². The Labute approximate surface area is 162 Å². The summed E-state index contributed by atoms with van der Waals surface area (Å²) in [5.41, 5.74) is 2.68. The summed E-state index contributed by atoms with van der Waals surface area (Å²) in [5.74, 6) is 1.09. The molecule has 28 heavy (non-hydrogen) atoms. The number of hydrogen-bond acceptors (Lipinski definition) is 4. The van der Waals surface area contributed by atoms with E-state index in [1.165, 1.54) is 0 Å². The maximum Gasteiger partial charge on any atom is 0.227 e. The van der Waals surface area contributed by atoms with Crippen LogP contribution >= 0.6 is 0 Å². The molecule has 2 aromatic carbocycles. The molecule has 1 fully saturated rings. The van der Waals surface area contributed by atoms with Gasteiger partial charge in [-0.1, -0.05) is 12.1 Å². The van der Waals surface area contributed by atoms with Crippen molar-refractivity contribution >= 4 is 28.5 Å². The van der Waals surface area contributed by atoms with E-state index in [1.807, 2.05) is 48.5 Å². The van der Waals surface area contributed by atoms with Crippen LogP contribution in [0.5, 0.6) is 5.75 Å². The molecule has 1 aromatic heterocycles. The fourth-order valence-electron chi connectivity index (χ4n) is 3.47. The molecule has 1 atom stereocenters. The summed E-state index contributed by atoms with van der Waals surface area (Å²) in [6.45, 7) is 0.869. The number of amides is 2. The molecule has 0 bridgehead atoms. The molecule has 7 heteroatoms. The summed E-state index contributed by atoms with van der Waals surface area (Å²) in [6, 6.07) is 15.1. The first-order valence-corrected chi connectivity index (χ1v) is 9.30. The number of anilines is 1. The Balaban J connectivity index is 1.31. The lowest BCUT2D eigenvalue weighted by atomic mass is 10.1. The van der Waals surface area contributed by atoms with Gasteiger partial charge in [0.25, 0.3) is 0 Å². The maximum atomic E-state index is 12.5. The van der Waals surface area contributed by atoms with Crippen molar-refractivity contribution in [2.75, 3.05) is 25.1 Å². The number of nitrogens with zero attached hydrogens (tertiary/aromatic N) is 2. The standard InChI is InChI=1S/C21H22N4O3/c1-28-16-8-6-15(7-9-16)25-13-14(12-20(25)26)21(27)22-11-10-19-23-17-4-2-3-5-18(17)24-19/h2-9,14H,10-13H2,1H3,(H,22,27)(H,23,24). The van der Waals surface area contributed by atoms with Crippen molar-refractivity contribution in [2.24, 2.45) is 5.92 Å². The predicted molar refractivity (Wildman–Crippen MR) is 106 cm³/mol. The number of methoxy groups -OCH3 is 1. The van der Waals surface area contributed by atoms with Gasteiger partial charge in [-0.05, 0) is 36.4 Å². The van der Waals surface area contributed by atoms with Gasteiger partial charge < -0.3 is 19.9 Å². The van der Waals surface area contributed by atoms with Crippen molar-refractivity contribution in [3.63, 3.8) is 0 Å². The fourth-order valence-corrected chi connectivity index (χ4v) is 3.47. The van der Waals surface area contributed by atoms with E-state index in [0.29, 0.717) is 19.5 Å². The van der Waals surface area contributed by atoms with Gasteiger partial charge in [-0.15, -0.1) is 0 Å². The van der Waals surface area contributed by atoms with Gasteiger partial charge in [0.2, 0.25) is 11.8 Å². The van der Waals surface area contributed by atoms with Crippen LogP contribution in [0.1, 0.15) is 12.2 Å². The third-order valence-electron chi connectivity index (χ3n) is 4.98. The molecule has 0 saturated carbocycles. The van der Waals surface area contributed by atoms with Gasteiger partial charge in [-0.25, -0.2) is 4.98 Å². The van der Waals surface area contributed by atoms with Crippen LogP contribution < -0.4 is 15.0 Å². The van der Waals surface area contributed by atoms with E-state index in [-0.39, 0.29) is 24.2 Å². The van der Waals surface area contributed by atoms with Gasteiger partial charge in [0.05, 0.1) is 24.1 Å². The summed E-state index contributed by atoms with van der Waals surface area (Å²) < 4.78 is 5.14. The number of H-pyrrole nitrogens is 1. The third kappa shape index (κ3) is 3.69. The monoisotopic (exact) mass is 378 g/mol. The van der Waals surface area contributed by atoms with E-state index in [9.17, 15) is 9.59 Å². The van der Waals surface area contributed by atoms with Crippen LogP contribution in [0.2, 0.25) is 0 Å². The first-order chi connectivity index (χ1) is 13.6. The largest absolute Gasteiger partial charge is 0.497 e. The second-order valence-corrected chi connectivity index (χ2v) is 6.85. The molecule has 1 aliphatic rings. The zero-order chi connectivity index (χ0) is 19.5. The van der Waals surface area contributed by atoms with E-state index in [2.05, 4.69) is 15.3 Å². The number of imidazole rings is 1. The second kappa shape index (κ2) is 7.72. The highest BCUT2D eigenvalue weighted by Gasteiger charge is 2.34. The number of carbonyl (C=O) groups excluding carboxylic acids is 2. The Morgan fingerprint density at radius 2 is 2.04 bits per heavy atom. The smallest absolute Gasteiger partial charge is 0.227 e. The molecule has 1 aliphatic heterocycles. The highest BCUT2D eigenvalue weighted by atomic mass is 16.5. The minimum atomic E-state index is -0.342. The highest BCUT2D eigenvalue weighted by Crippen LogP contribution is 2.26. The van der Waals surface area contributed by atoms with Gasteiger partial charge in [0.1, 0.15) is 11.6 Å². The lowest BCUT2D eigenvalue weighted by Crippen LogP contribution is -2.34. The van der Waals surface area contributed by atoms with E-state index in [4.69, 9.17) is 4.74 Å². The van der Waals surface area contributed by atoms with E-state index in [0.717, 1.165) is 28.3 Å². The number of ether oxygens (including phenoxy) is 1. The van der Waals surface area contributed by atoms with Crippen LogP contribution in [-0.4, -0.2) is 42.0 Å². The summed E-state index contributed by atoms with van der Waals surface area (Å²) >= 11 is 0. The number of carbonyl (C=O) groups is 2. The Morgan fingerprint density at radius 1 is 1.25 bits per heavy atom. The van der Waals surface area contributed by atoms with Crippen LogP contribution in [0.4, 0.5) is 5.69 Å². The molecule has 0 radical (unpaired) electrons. The SMILES string of the molecule is COc1ccc(N2CC(C(=O)NCCc3nc4ccccc4[nH]3)CC2=O)cc1. The molecule has 7 nitrogen and oxygen atoms in total. The zero-order valence-electron chi connectivity index (χ0n) is 15.6. The van der Waals surface area contributed by atoms with Crippen molar-refractivity contribution in [2.45, 2.75) is 12.8 Å². The second-order valence-electron chi connectivity index (χ2n) is 6.85. The van der Waals surface area contributed by atoms with Crippen molar-refractivity contribution in [3.05, 3.63) is 54.4 Å². The van der Waals surface area contributed by atoms with E-state index >= 15 is 0 Å². The van der Waals surface area contributed by atoms with E-state index < -0.39 is 0 Å². The number of aromatic amines is 1. The van der Waals surface area contributed by atoms with Gasteiger partial charge in [0.15, 0.2) is 0 Å². The molecule has 0 aliphatic carbocycles. The zero-order valence-corrected chi connectivity index (χ0v) is 15.6. The average Bonchev–Trinajstić information content (AvgIpc) is 3.31.